The SMILES string of the molecule is Cc1sc(N)c(C(=O)O)c1-c1ccc(C(C)C)cc1. The molecule has 0 radical (unpaired) electrons. The molecule has 2 aromatic rings. The second-order valence-corrected chi connectivity index (χ2v) is 6.11. The summed E-state index contributed by atoms with van der Waals surface area (Å²) in [6.07, 6.45) is 0. The Morgan fingerprint density at radius 2 is 1.84 bits per heavy atom. The van der Waals surface area contributed by atoms with E-state index in [0.717, 1.165) is 16.0 Å². The van der Waals surface area contributed by atoms with Gasteiger partial charge in [0.1, 0.15) is 10.6 Å². The van der Waals surface area contributed by atoms with Crippen molar-refractivity contribution in [1.29, 1.82) is 0 Å². The number of rotatable bonds is 3. The molecular weight excluding hydrogens is 258 g/mol. The Hall–Kier alpha value is -1.81. The van der Waals surface area contributed by atoms with Crippen molar-refractivity contribution >= 4 is 22.3 Å². The molecule has 1 aromatic carbocycles. The molecule has 0 bridgehead atoms. The van der Waals surface area contributed by atoms with Crippen molar-refractivity contribution in [2.75, 3.05) is 5.73 Å². The molecular formula is C15H17NO2S. The minimum absolute atomic E-state index is 0.222. The van der Waals surface area contributed by atoms with Crippen LogP contribution in [0, 0.1) is 6.92 Å². The number of carboxylic acid groups (broad SMARTS) is 1. The number of hydrogen-bond acceptors (Lipinski definition) is 3. The second-order valence-electron chi connectivity index (χ2n) is 4.85. The van der Waals surface area contributed by atoms with Gasteiger partial charge in [0.25, 0.3) is 0 Å². The third kappa shape index (κ3) is 2.49. The van der Waals surface area contributed by atoms with E-state index >= 15 is 0 Å². The van der Waals surface area contributed by atoms with Gasteiger partial charge in [-0.3, -0.25) is 0 Å². The van der Waals surface area contributed by atoms with E-state index in [1.165, 1.54) is 16.9 Å². The van der Waals surface area contributed by atoms with Gasteiger partial charge in [0.05, 0.1) is 0 Å². The largest absolute Gasteiger partial charge is 0.478 e. The molecule has 0 aliphatic heterocycles. The number of benzene rings is 1. The Labute approximate surface area is 116 Å². The first-order chi connectivity index (χ1) is 8.91. The maximum atomic E-state index is 11.3. The molecule has 1 heterocycles. The smallest absolute Gasteiger partial charge is 0.339 e. The zero-order chi connectivity index (χ0) is 14.2. The Morgan fingerprint density at radius 1 is 1.26 bits per heavy atom. The summed E-state index contributed by atoms with van der Waals surface area (Å²) in [6.45, 7) is 6.16. The number of nitrogen functional groups attached to an aromatic ring is 1. The molecule has 4 heteroatoms. The van der Waals surface area contributed by atoms with E-state index in [1.54, 1.807) is 0 Å². The monoisotopic (exact) mass is 275 g/mol. The highest BCUT2D eigenvalue weighted by Crippen LogP contribution is 2.38. The van der Waals surface area contributed by atoms with Crippen LogP contribution in [0.1, 0.15) is 40.6 Å². The van der Waals surface area contributed by atoms with Crippen LogP contribution in [-0.2, 0) is 0 Å². The summed E-state index contributed by atoms with van der Waals surface area (Å²) in [7, 11) is 0. The summed E-state index contributed by atoms with van der Waals surface area (Å²) in [4.78, 5) is 12.3. The standard InChI is InChI=1S/C15H17NO2S/c1-8(2)10-4-6-11(7-5-10)12-9(3)19-14(16)13(12)15(17)18/h4-8H,16H2,1-3H3,(H,17,18). The van der Waals surface area contributed by atoms with E-state index in [9.17, 15) is 9.90 Å². The first-order valence-corrected chi connectivity index (χ1v) is 6.96. The maximum absolute atomic E-state index is 11.3. The van der Waals surface area contributed by atoms with E-state index in [-0.39, 0.29) is 5.56 Å². The molecule has 0 atom stereocenters. The molecule has 0 saturated heterocycles. The molecule has 0 unspecified atom stereocenters. The Bertz CT molecular complexity index is 612. The van der Waals surface area contributed by atoms with Crippen molar-refractivity contribution in [1.82, 2.24) is 0 Å². The first kappa shape index (κ1) is 13.6. The molecule has 2 rings (SSSR count). The average Bonchev–Trinajstić information content (AvgIpc) is 2.64. The van der Waals surface area contributed by atoms with E-state index in [2.05, 4.69) is 13.8 Å². The van der Waals surface area contributed by atoms with Gasteiger partial charge in [-0.25, -0.2) is 4.79 Å². The van der Waals surface area contributed by atoms with Crippen molar-refractivity contribution < 1.29 is 9.90 Å². The Balaban J connectivity index is 2.55. The fraction of sp³-hybridized carbons (Fsp3) is 0.267. The Kier molecular flexibility index (Phi) is 3.62. The zero-order valence-electron chi connectivity index (χ0n) is 11.2. The first-order valence-electron chi connectivity index (χ1n) is 6.14. The summed E-state index contributed by atoms with van der Waals surface area (Å²) in [5.74, 6) is -0.508. The highest BCUT2D eigenvalue weighted by Gasteiger charge is 2.21. The number of anilines is 1. The topological polar surface area (TPSA) is 63.3 Å². The fourth-order valence-electron chi connectivity index (χ4n) is 2.16. The number of nitrogens with two attached hydrogens (primary N) is 1. The van der Waals surface area contributed by atoms with Gasteiger partial charge in [-0.05, 0) is 24.0 Å². The molecule has 0 aliphatic carbocycles. The lowest BCUT2D eigenvalue weighted by Gasteiger charge is -2.08. The van der Waals surface area contributed by atoms with Crippen LogP contribution in [0.25, 0.3) is 11.1 Å². The molecule has 19 heavy (non-hydrogen) atoms. The number of hydrogen-bond donors (Lipinski definition) is 2. The zero-order valence-corrected chi connectivity index (χ0v) is 12.0. The van der Waals surface area contributed by atoms with Crippen LogP contribution in [-0.4, -0.2) is 11.1 Å². The van der Waals surface area contributed by atoms with Gasteiger partial charge < -0.3 is 10.8 Å². The minimum atomic E-state index is -0.968. The van der Waals surface area contributed by atoms with Gasteiger partial charge in [0, 0.05) is 10.4 Å². The van der Waals surface area contributed by atoms with E-state index in [1.807, 2.05) is 31.2 Å². The average molecular weight is 275 g/mol. The van der Waals surface area contributed by atoms with Crippen LogP contribution in [0.3, 0.4) is 0 Å². The summed E-state index contributed by atoms with van der Waals surface area (Å²) in [5, 5.41) is 9.66. The highest BCUT2D eigenvalue weighted by atomic mass is 32.1. The molecule has 0 aliphatic rings. The predicted octanol–water partition coefficient (Wildman–Crippen LogP) is 4.13. The van der Waals surface area contributed by atoms with Crippen molar-refractivity contribution in [2.24, 2.45) is 0 Å². The van der Waals surface area contributed by atoms with Crippen LogP contribution in [0.4, 0.5) is 5.00 Å². The van der Waals surface area contributed by atoms with Crippen LogP contribution in [0.2, 0.25) is 0 Å². The molecule has 3 nitrogen and oxygen atoms in total. The molecule has 1 aromatic heterocycles. The number of thiophene rings is 1. The summed E-state index contributed by atoms with van der Waals surface area (Å²) < 4.78 is 0. The van der Waals surface area contributed by atoms with Gasteiger partial charge in [0.15, 0.2) is 0 Å². The fourth-order valence-corrected chi connectivity index (χ4v) is 3.10. The summed E-state index contributed by atoms with van der Waals surface area (Å²) in [5.41, 5.74) is 8.91. The highest BCUT2D eigenvalue weighted by molar-refractivity contribution is 7.16. The lowest BCUT2D eigenvalue weighted by molar-refractivity contribution is 0.0699. The second kappa shape index (κ2) is 5.05. The van der Waals surface area contributed by atoms with Crippen molar-refractivity contribution in [3.8, 4) is 11.1 Å². The maximum Gasteiger partial charge on any atom is 0.339 e. The third-order valence-electron chi connectivity index (χ3n) is 3.19. The van der Waals surface area contributed by atoms with E-state index in [0.29, 0.717) is 10.9 Å². The van der Waals surface area contributed by atoms with Gasteiger partial charge in [-0.2, -0.15) is 0 Å². The molecule has 100 valence electrons. The van der Waals surface area contributed by atoms with Crippen molar-refractivity contribution in [3.63, 3.8) is 0 Å². The van der Waals surface area contributed by atoms with Crippen LogP contribution in [0.5, 0.6) is 0 Å². The quantitative estimate of drug-likeness (QED) is 0.885. The lowest BCUT2D eigenvalue weighted by atomic mass is 9.97. The third-order valence-corrected chi connectivity index (χ3v) is 4.13. The summed E-state index contributed by atoms with van der Waals surface area (Å²) >= 11 is 1.33. The van der Waals surface area contributed by atoms with Crippen LogP contribution >= 0.6 is 11.3 Å². The van der Waals surface area contributed by atoms with Gasteiger partial charge in [-0.15, -0.1) is 11.3 Å². The molecule has 0 saturated carbocycles. The number of aromatic carboxylic acids is 1. The lowest BCUT2D eigenvalue weighted by Crippen LogP contribution is -2.01. The minimum Gasteiger partial charge on any atom is -0.478 e. The summed E-state index contributed by atoms with van der Waals surface area (Å²) in [6, 6.07) is 8.02. The van der Waals surface area contributed by atoms with Gasteiger partial charge in [-0.1, -0.05) is 38.1 Å². The molecule has 0 amide bonds. The van der Waals surface area contributed by atoms with Gasteiger partial charge >= 0.3 is 5.97 Å². The van der Waals surface area contributed by atoms with Crippen molar-refractivity contribution in [2.45, 2.75) is 26.7 Å². The van der Waals surface area contributed by atoms with Gasteiger partial charge in [0.2, 0.25) is 0 Å². The number of carbonyl (C=O) groups is 1. The van der Waals surface area contributed by atoms with E-state index in [4.69, 9.17) is 5.73 Å². The van der Waals surface area contributed by atoms with Crippen LogP contribution < -0.4 is 5.73 Å². The normalized spacial score (nSPS) is 10.9. The molecule has 0 spiro atoms. The van der Waals surface area contributed by atoms with Crippen LogP contribution in [0.15, 0.2) is 24.3 Å². The molecule has 3 N–H and O–H groups in total. The number of carboxylic acids is 1. The van der Waals surface area contributed by atoms with E-state index < -0.39 is 5.97 Å². The number of aryl methyl sites for hydroxylation is 1. The predicted molar refractivity (Wildman–Crippen MR) is 80.0 cm³/mol. The Morgan fingerprint density at radius 3 is 2.32 bits per heavy atom. The molecule has 0 fully saturated rings. The van der Waals surface area contributed by atoms with Crippen molar-refractivity contribution in [3.05, 3.63) is 40.3 Å².